The van der Waals surface area contributed by atoms with Crippen LogP contribution in [-0.2, 0) is 8.98 Å². The molecule has 3 atom stereocenters. The zero-order valence-corrected chi connectivity index (χ0v) is 18.6. The fraction of sp³-hybridized carbons (Fsp3) is 0.222. The van der Waals surface area contributed by atoms with E-state index in [9.17, 15) is 18.0 Å². The van der Waals surface area contributed by atoms with Gasteiger partial charge in [-0.05, 0) is 65.5 Å². The molecule has 1 saturated carbocycles. The molecule has 0 N–H and O–H groups in total. The topological polar surface area (TPSA) is 26.3 Å². The van der Waals surface area contributed by atoms with Crippen molar-refractivity contribution in [3.05, 3.63) is 103 Å². The summed E-state index contributed by atoms with van der Waals surface area (Å²) in [6.07, 6.45) is -1.28. The van der Waals surface area contributed by atoms with Gasteiger partial charge in [0, 0.05) is 20.6 Å². The van der Waals surface area contributed by atoms with E-state index in [1.165, 1.54) is 0 Å². The summed E-state index contributed by atoms with van der Waals surface area (Å²) < 4.78 is 50.0. The Morgan fingerprint density at radius 3 is 1.58 bits per heavy atom. The van der Waals surface area contributed by atoms with Crippen molar-refractivity contribution in [2.45, 2.75) is 33.7 Å². The summed E-state index contributed by atoms with van der Waals surface area (Å²) in [7, 11) is -2.76. The van der Waals surface area contributed by atoms with Crippen LogP contribution in [-0.4, -0.2) is 12.1 Å². The summed E-state index contributed by atoms with van der Waals surface area (Å²) in [4.78, 5) is 15.8. The second-order valence-corrected chi connectivity index (χ2v) is 11.2. The number of halogens is 3. The summed E-state index contributed by atoms with van der Waals surface area (Å²) >= 11 is 0. The Balaban J connectivity index is 1.72. The summed E-state index contributed by atoms with van der Waals surface area (Å²) in [5, 5.41) is 0. The van der Waals surface area contributed by atoms with Crippen LogP contribution in [0.2, 0.25) is 0 Å². The number of hydrogen-bond donors (Lipinski definition) is 0. The van der Waals surface area contributed by atoms with Crippen LogP contribution < -0.4 is 0 Å². The van der Waals surface area contributed by atoms with Gasteiger partial charge < -0.3 is 4.18 Å². The van der Waals surface area contributed by atoms with Gasteiger partial charge in [-0.2, -0.15) is 13.2 Å². The predicted molar refractivity (Wildman–Crippen MR) is 122 cm³/mol. The largest absolute Gasteiger partial charge is 0.405 e. The van der Waals surface area contributed by atoms with Crippen molar-refractivity contribution in [2.24, 2.45) is 17.3 Å². The fourth-order valence-electron chi connectivity index (χ4n) is 5.11. The highest BCUT2D eigenvalue weighted by Crippen LogP contribution is 2.71. The van der Waals surface area contributed by atoms with Gasteiger partial charge in [-0.15, -0.1) is 0 Å². The molecule has 33 heavy (non-hydrogen) atoms. The van der Waals surface area contributed by atoms with E-state index in [2.05, 4.69) is 0 Å². The fourth-order valence-corrected chi connectivity index (χ4v) is 8.21. The maximum Gasteiger partial charge on any atom is 0.405 e. The quantitative estimate of drug-likeness (QED) is 0.361. The molecule has 0 radical (unpaired) electrons. The van der Waals surface area contributed by atoms with Crippen LogP contribution in [0.3, 0.4) is 0 Å². The minimum atomic E-state index is -4.70. The molecule has 3 aromatic rings. The molecule has 0 amide bonds. The lowest BCUT2D eigenvalue weighted by Gasteiger charge is -2.44. The Morgan fingerprint density at radius 2 is 1.24 bits per heavy atom. The lowest BCUT2D eigenvalue weighted by molar-refractivity contribution is -0.236. The van der Waals surface area contributed by atoms with Crippen LogP contribution in [0, 0.1) is 17.3 Å². The first kappa shape index (κ1) is 21.8. The van der Waals surface area contributed by atoms with E-state index in [0.717, 1.165) is 0 Å². The van der Waals surface area contributed by atoms with Crippen molar-refractivity contribution < 1.29 is 22.1 Å². The molecule has 0 aromatic heterocycles. The van der Waals surface area contributed by atoms with Crippen LogP contribution in [0.5, 0.6) is 0 Å². The zero-order valence-electron chi connectivity index (χ0n) is 17.7. The van der Waals surface area contributed by atoms with Gasteiger partial charge >= 0.3 is 12.1 Å². The summed E-state index contributed by atoms with van der Waals surface area (Å²) in [6.45, 7) is 0. The van der Waals surface area contributed by atoms with Crippen LogP contribution in [0.1, 0.15) is 12.8 Å². The third-order valence-electron chi connectivity index (χ3n) is 6.69. The molecule has 2 bridgehead atoms. The molecule has 0 saturated heterocycles. The summed E-state index contributed by atoms with van der Waals surface area (Å²) in [6, 6.07) is 27.3. The lowest BCUT2D eigenvalue weighted by Crippen LogP contribution is -2.49. The minimum Gasteiger partial charge on any atom is -0.401 e. The maximum absolute atomic E-state index is 14.6. The minimum absolute atomic E-state index is 0.251. The molecule has 3 unspecified atom stereocenters. The highest BCUT2D eigenvalue weighted by atomic mass is 32.3. The molecule has 0 aliphatic heterocycles. The first-order valence-electron chi connectivity index (χ1n) is 10.9. The monoisotopic (exact) mass is 468 g/mol. The second-order valence-electron chi connectivity index (χ2n) is 8.53. The molecule has 6 heteroatoms. The zero-order chi connectivity index (χ0) is 23.1. The van der Waals surface area contributed by atoms with E-state index in [1.807, 2.05) is 91.0 Å². The van der Waals surface area contributed by atoms with Gasteiger partial charge in [-0.1, -0.05) is 66.7 Å². The molecule has 0 heterocycles. The number of allylic oxidation sites excluding steroid dienone is 2. The Morgan fingerprint density at radius 1 is 0.788 bits per heavy atom. The Kier molecular flexibility index (Phi) is 5.36. The van der Waals surface area contributed by atoms with Gasteiger partial charge in [0.2, 0.25) is 0 Å². The summed E-state index contributed by atoms with van der Waals surface area (Å²) in [5.74, 6) is -2.33. The number of alkyl halides is 3. The Hall–Kier alpha value is -2.99. The molecule has 170 valence electrons. The smallest absolute Gasteiger partial charge is 0.401 e. The van der Waals surface area contributed by atoms with Crippen LogP contribution in [0.25, 0.3) is 0 Å². The lowest BCUT2D eigenvalue weighted by atomic mass is 9.75. The van der Waals surface area contributed by atoms with Gasteiger partial charge in [0.05, 0.1) is 0 Å². The average molecular weight is 469 g/mol. The van der Waals surface area contributed by atoms with Crippen molar-refractivity contribution in [1.82, 2.24) is 0 Å². The van der Waals surface area contributed by atoms with E-state index in [4.69, 9.17) is 4.18 Å². The van der Waals surface area contributed by atoms with Crippen molar-refractivity contribution in [2.75, 3.05) is 0 Å². The van der Waals surface area contributed by atoms with E-state index in [-0.39, 0.29) is 12.3 Å². The standard InChI is InChI=1S/C27H23F3O2S/c28-27(29,30)26(19-20-16-17-21(26)18-20)25(31)32-33(22-10-4-1-5-11-22,23-12-6-2-7-13-23)24-14-8-3-9-15-24/h1-17,20-21H,18-19H2. The first-order valence-corrected chi connectivity index (χ1v) is 12.4. The van der Waals surface area contributed by atoms with Crippen LogP contribution in [0.4, 0.5) is 13.2 Å². The van der Waals surface area contributed by atoms with E-state index in [1.54, 1.807) is 12.2 Å². The van der Waals surface area contributed by atoms with Crippen LogP contribution in [0.15, 0.2) is 118 Å². The van der Waals surface area contributed by atoms with Crippen LogP contribution >= 0.6 is 10.3 Å². The van der Waals surface area contributed by atoms with Gasteiger partial charge in [-0.25, -0.2) is 0 Å². The molecule has 2 nitrogen and oxygen atoms in total. The van der Waals surface area contributed by atoms with Gasteiger partial charge in [0.1, 0.15) is 0 Å². The Bertz CT molecular complexity index is 1070. The molecule has 0 spiro atoms. The highest BCUT2D eigenvalue weighted by Gasteiger charge is 2.70. The third kappa shape index (κ3) is 3.39. The van der Waals surface area contributed by atoms with E-state index >= 15 is 0 Å². The Labute approximate surface area is 192 Å². The molecule has 3 aromatic carbocycles. The second kappa shape index (κ2) is 8.10. The first-order chi connectivity index (χ1) is 15.9. The number of carbonyl (C=O) groups excluding carboxylic acids is 1. The summed E-state index contributed by atoms with van der Waals surface area (Å²) in [5.41, 5.74) is -2.52. The average Bonchev–Trinajstić information content (AvgIpc) is 3.46. The number of carbonyl (C=O) groups is 1. The number of hydrogen-bond acceptors (Lipinski definition) is 2. The molecular formula is C27H23F3O2S. The van der Waals surface area contributed by atoms with E-state index < -0.39 is 33.8 Å². The highest BCUT2D eigenvalue weighted by molar-refractivity contribution is 8.30. The molecule has 2 aliphatic carbocycles. The normalized spacial score (nSPS) is 24.6. The molecule has 1 fully saturated rings. The predicted octanol–water partition coefficient (Wildman–Crippen LogP) is 7.57. The molecule has 2 aliphatic rings. The molecular weight excluding hydrogens is 445 g/mol. The molecule has 5 rings (SSSR count). The van der Waals surface area contributed by atoms with Crippen molar-refractivity contribution >= 4 is 16.3 Å². The number of rotatable bonds is 5. The van der Waals surface area contributed by atoms with E-state index in [0.29, 0.717) is 21.1 Å². The number of fused-ring (bicyclic) bond motifs is 2. The van der Waals surface area contributed by atoms with Crippen molar-refractivity contribution in [1.29, 1.82) is 0 Å². The van der Waals surface area contributed by atoms with Gasteiger partial charge in [0.15, 0.2) is 5.41 Å². The maximum atomic E-state index is 14.6. The third-order valence-corrected chi connectivity index (χ3v) is 9.90. The number of benzene rings is 3. The van der Waals surface area contributed by atoms with Crippen molar-refractivity contribution in [3.8, 4) is 0 Å². The SMILES string of the molecule is O=C(OS(c1ccccc1)(c1ccccc1)c1ccccc1)C1(C(F)(F)F)CC2C=CC1C2. The van der Waals surface area contributed by atoms with Gasteiger partial charge in [-0.3, -0.25) is 4.79 Å². The van der Waals surface area contributed by atoms with Crippen molar-refractivity contribution in [3.63, 3.8) is 0 Å². The van der Waals surface area contributed by atoms with Gasteiger partial charge in [0.25, 0.3) is 0 Å².